The SMILES string of the molecule is CCCCS(=O)(=O)N1CCC(Oc2ccccn2)CC1. The monoisotopic (exact) mass is 298 g/mol. The van der Waals surface area contributed by atoms with Crippen molar-refractivity contribution in [1.29, 1.82) is 0 Å². The lowest BCUT2D eigenvalue weighted by Gasteiger charge is -2.31. The van der Waals surface area contributed by atoms with Gasteiger partial charge in [0.25, 0.3) is 0 Å². The summed E-state index contributed by atoms with van der Waals surface area (Å²) < 4.78 is 31.5. The minimum atomic E-state index is -3.08. The van der Waals surface area contributed by atoms with Crippen LogP contribution in [0.4, 0.5) is 0 Å². The highest BCUT2D eigenvalue weighted by molar-refractivity contribution is 7.89. The van der Waals surface area contributed by atoms with Gasteiger partial charge >= 0.3 is 0 Å². The molecule has 0 atom stereocenters. The standard InChI is InChI=1S/C14H22N2O3S/c1-2-3-12-20(17,18)16-10-7-13(8-11-16)19-14-6-4-5-9-15-14/h4-6,9,13H,2-3,7-8,10-12H2,1H3. The molecular weight excluding hydrogens is 276 g/mol. The van der Waals surface area contributed by atoms with E-state index in [1.54, 1.807) is 10.5 Å². The molecule has 1 aromatic heterocycles. The number of piperidine rings is 1. The summed E-state index contributed by atoms with van der Waals surface area (Å²) in [6.45, 7) is 3.09. The Bertz CT molecular complexity index is 496. The molecule has 0 saturated carbocycles. The van der Waals surface area contributed by atoms with Crippen LogP contribution >= 0.6 is 0 Å². The molecule has 6 heteroatoms. The smallest absolute Gasteiger partial charge is 0.214 e. The molecule has 0 amide bonds. The normalized spacial score (nSPS) is 18.1. The number of rotatable bonds is 6. The summed E-state index contributed by atoms with van der Waals surface area (Å²) in [4.78, 5) is 4.13. The second-order valence-corrected chi connectivity index (χ2v) is 7.14. The quantitative estimate of drug-likeness (QED) is 0.806. The Kier molecular flexibility index (Phi) is 5.37. The largest absolute Gasteiger partial charge is 0.474 e. The van der Waals surface area contributed by atoms with Crippen LogP contribution in [-0.2, 0) is 10.0 Å². The van der Waals surface area contributed by atoms with Gasteiger partial charge in [-0.1, -0.05) is 19.4 Å². The van der Waals surface area contributed by atoms with Gasteiger partial charge in [-0.05, 0) is 25.3 Å². The maximum absolute atomic E-state index is 12.1. The molecule has 5 nitrogen and oxygen atoms in total. The summed E-state index contributed by atoms with van der Waals surface area (Å²) in [5.74, 6) is 0.870. The van der Waals surface area contributed by atoms with Crippen LogP contribution < -0.4 is 4.74 Å². The molecule has 0 unspecified atom stereocenters. The first kappa shape index (κ1) is 15.3. The van der Waals surface area contributed by atoms with E-state index in [0.717, 1.165) is 25.7 Å². The Morgan fingerprint density at radius 2 is 2.10 bits per heavy atom. The van der Waals surface area contributed by atoms with Crippen molar-refractivity contribution < 1.29 is 13.2 Å². The highest BCUT2D eigenvalue weighted by atomic mass is 32.2. The van der Waals surface area contributed by atoms with Crippen molar-refractivity contribution in [3.8, 4) is 5.88 Å². The fraction of sp³-hybridized carbons (Fsp3) is 0.643. The molecule has 0 radical (unpaired) electrons. The Hall–Kier alpha value is -1.14. The molecule has 0 bridgehead atoms. The molecule has 0 aromatic carbocycles. The van der Waals surface area contributed by atoms with Crippen LogP contribution in [0.2, 0.25) is 0 Å². The van der Waals surface area contributed by atoms with E-state index in [-0.39, 0.29) is 11.9 Å². The minimum Gasteiger partial charge on any atom is -0.474 e. The van der Waals surface area contributed by atoms with E-state index in [2.05, 4.69) is 4.98 Å². The van der Waals surface area contributed by atoms with Gasteiger partial charge < -0.3 is 4.74 Å². The first-order valence-corrected chi connectivity index (χ1v) is 8.78. The maximum atomic E-state index is 12.1. The topological polar surface area (TPSA) is 59.5 Å². The molecule has 1 aromatic rings. The second kappa shape index (κ2) is 7.04. The summed E-state index contributed by atoms with van der Waals surface area (Å²) in [5.41, 5.74) is 0. The van der Waals surface area contributed by atoms with E-state index >= 15 is 0 Å². The van der Waals surface area contributed by atoms with Crippen LogP contribution in [0, 0.1) is 0 Å². The number of pyridine rings is 1. The van der Waals surface area contributed by atoms with E-state index in [0.29, 0.717) is 19.0 Å². The average Bonchev–Trinajstić information content (AvgIpc) is 2.47. The Balaban J connectivity index is 1.83. The second-order valence-electron chi connectivity index (χ2n) is 5.05. The van der Waals surface area contributed by atoms with Gasteiger partial charge in [0.1, 0.15) is 6.10 Å². The molecule has 1 fully saturated rings. The fourth-order valence-corrected chi connectivity index (χ4v) is 3.95. The lowest BCUT2D eigenvalue weighted by Crippen LogP contribution is -2.42. The zero-order valence-electron chi connectivity index (χ0n) is 11.9. The summed E-state index contributed by atoms with van der Waals surface area (Å²) in [6, 6.07) is 5.55. The lowest BCUT2D eigenvalue weighted by atomic mass is 10.1. The molecule has 20 heavy (non-hydrogen) atoms. The summed E-state index contributed by atoms with van der Waals surface area (Å²) in [6.07, 6.45) is 4.83. The van der Waals surface area contributed by atoms with Gasteiger partial charge in [-0.3, -0.25) is 0 Å². The van der Waals surface area contributed by atoms with Crippen molar-refractivity contribution in [3.63, 3.8) is 0 Å². The summed E-state index contributed by atoms with van der Waals surface area (Å²) in [7, 11) is -3.08. The minimum absolute atomic E-state index is 0.0579. The number of hydrogen-bond acceptors (Lipinski definition) is 4. The average molecular weight is 298 g/mol. The Morgan fingerprint density at radius 1 is 1.35 bits per heavy atom. The van der Waals surface area contributed by atoms with Gasteiger partial charge in [0.05, 0.1) is 5.75 Å². The third kappa shape index (κ3) is 4.18. The van der Waals surface area contributed by atoms with Gasteiger partial charge in [0.2, 0.25) is 15.9 Å². The van der Waals surface area contributed by atoms with Gasteiger partial charge in [0.15, 0.2) is 0 Å². The number of unbranched alkanes of at least 4 members (excludes halogenated alkanes) is 1. The van der Waals surface area contributed by atoms with E-state index in [4.69, 9.17) is 4.74 Å². The van der Waals surface area contributed by atoms with Crippen LogP contribution in [0.25, 0.3) is 0 Å². The molecule has 0 N–H and O–H groups in total. The van der Waals surface area contributed by atoms with Crippen molar-refractivity contribution in [3.05, 3.63) is 24.4 Å². The van der Waals surface area contributed by atoms with E-state index < -0.39 is 10.0 Å². The van der Waals surface area contributed by atoms with E-state index in [1.165, 1.54) is 0 Å². The highest BCUT2D eigenvalue weighted by Gasteiger charge is 2.28. The number of sulfonamides is 1. The predicted octanol–water partition coefficient (Wildman–Crippen LogP) is 2.05. The first-order chi connectivity index (χ1) is 9.62. The van der Waals surface area contributed by atoms with Crippen LogP contribution in [0.5, 0.6) is 5.88 Å². The Morgan fingerprint density at radius 3 is 2.70 bits per heavy atom. The molecule has 2 rings (SSSR count). The zero-order chi connectivity index (χ0) is 14.4. The third-order valence-electron chi connectivity index (χ3n) is 3.48. The summed E-state index contributed by atoms with van der Waals surface area (Å²) in [5, 5.41) is 0. The Labute approximate surface area is 121 Å². The molecular formula is C14H22N2O3S. The molecule has 1 saturated heterocycles. The van der Waals surface area contributed by atoms with Crippen LogP contribution in [0.15, 0.2) is 24.4 Å². The number of aromatic nitrogens is 1. The van der Waals surface area contributed by atoms with Gasteiger partial charge in [-0.25, -0.2) is 17.7 Å². The van der Waals surface area contributed by atoms with Crippen molar-refractivity contribution in [1.82, 2.24) is 9.29 Å². The fourth-order valence-electron chi connectivity index (χ4n) is 2.27. The number of hydrogen-bond donors (Lipinski definition) is 0. The lowest BCUT2D eigenvalue weighted by molar-refractivity contribution is 0.130. The highest BCUT2D eigenvalue weighted by Crippen LogP contribution is 2.19. The number of nitrogens with zero attached hydrogens (tertiary/aromatic N) is 2. The van der Waals surface area contributed by atoms with Crippen LogP contribution in [-0.4, -0.2) is 42.7 Å². The predicted molar refractivity (Wildman–Crippen MR) is 78.2 cm³/mol. The summed E-state index contributed by atoms with van der Waals surface area (Å²) >= 11 is 0. The van der Waals surface area contributed by atoms with Crippen molar-refractivity contribution in [2.45, 2.75) is 38.7 Å². The molecule has 1 aliphatic heterocycles. The van der Waals surface area contributed by atoms with E-state index in [9.17, 15) is 8.42 Å². The van der Waals surface area contributed by atoms with Gasteiger partial charge in [0, 0.05) is 25.4 Å². The maximum Gasteiger partial charge on any atom is 0.214 e. The van der Waals surface area contributed by atoms with E-state index in [1.807, 2.05) is 25.1 Å². The van der Waals surface area contributed by atoms with Crippen molar-refractivity contribution in [2.75, 3.05) is 18.8 Å². The third-order valence-corrected chi connectivity index (χ3v) is 5.43. The van der Waals surface area contributed by atoms with Gasteiger partial charge in [-0.15, -0.1) is 0 Å². The van der Waals surface area contributed by atoms with Crippen molar-refractivity contribution >= 4 is 10.0 Å². The molecule has 2 heterocycles. The van der Waals surface area contributed by atoms with Crippen LogP contribution in [0.1, 0.15) is 32.6 Å². The molecule has 0 aliphatic carbocycles. The molecule has 1 aliphatic rings. The van der Waals surface area contributed by atoms with Crippen molar-refractivity contribution in [2.24, 2.45) is 0 Å². The first-order valence-electron chi connectivity index (χ1n) is 7.17. The number of ether oxygens (including phenoxy) is 1. The zero-order valence-corrected chi connectivity index (χ0v) is 12.7. The molecule has 0 spiro atoms. The van der Waals surface area contributed by atoms with Crippen LogP contribution in [0.3, 0.4) is 0 Å². The molecule has 112 valence electrons. The van der Waals surface area contributed by atoms with Gasteiger partial charge in [-0.2, -0.15) is 0 Å².